The van der Waals surface area contributed by atoms with Crippen LogP contribution in [0.2, 0.25) is 0 Å². The monoisotopic (exact) mass is 235 g/mol. The summed E-state index contributed by atoms with van der Waals surface area (Å²) in [5, 5.41) is 9.47. The van der Waals surface area contributed by atoms with E-state index >= 15 is 0 Å². The van der Waals surface area contributed by atoms with Gasteiger partial charge in [-0.2, -0.15) is 0 Å². The summed E-state index contributed by atoms with van der Waals surface area (Å²) >= 11 is 0. The summed E-state index contributed by atoms with van der Waals surface area (Å²) in [6.07, 6.45) is 2.02. The lowest BCUT2D eigenvalue weighted by Crippen LogP contribution is -2.43. The second kappa shape index (κ2) is 5.27. The van der Waals surface area contributed by atoms with Gasteiger partial charge < -0.3 is 5.11 Å². The van der Waals surface area contributed by atoms with Gasteiger partial charge in [-0.15, -0.1) is 0 Å². The summed E-state index contributed by atoms with van der Waals surface area (Å²) in [7, 11) is -3.08. The topological polar surface area (TPSA) is 57.6 Å². The highest BCUT2D eigenvalue weighted by molar-refractivity contribution is 7.89. The van der Waals surface area contributed by atoms with Gasteiger partial charge in [0.1, 0.15) is 0 Å². The summed E-state index contributed by atoms with van der Waals surface area (Å²) in [6.45, 7) is 4.71. The van der Waals surface area contributed by atoms with E-state index in [9.17, 15) is 13.5 Å². The molecule has 1 N–H and O–H groups in total. The van der Waals surface area contributed by atoms with Crippen molar-refractivity contribution in [2.24, 2.45) is 5.92 Å². The molecule has 0 aromatic heterocycles. The minimum absolute atomic E-state index is 0.102. The molecule has 1 aliphatic heterocycles. The number of piperidine rings is 1. The predicted octanol–water partition coefficient (Wildman–Crippen LogP) is 0.819. The first-order chi connectivity index (χ1) is 6.97. The van der Waals surface area contributed by atoms with E-state index in [4.69, 9.17) is 0 Å². The third kappa shape index (κ3) is 3.43. The molecule has 0 amide bonds. The Kier molecular flexibility index (Phi) is 4.55. The second-order valence-electron chi connectivity index (χ2n) is 4.32. The molecule has 0 saturated carbocycles. The Bertz CT molecular complexity index is 287. The first-order valence-electron chi connectivity index (χ1n) is 5.63. The van der Waals surface area contributed by atoms with Crippen molar-refractivity contribution < 1.29 is 13.5 Å². The van der Waals surface area contributed by atoms with Crippen molar-refractivity contribution >= 4 is 10.0 Å². The van der Waals surface area contributed by atoms with Crippen LogP contribution < -0.4 is 0 Å². The van der Waals surface area contributed by atoms with Gasteiger partial charge in [-0.25, -0.2) is 12.7 Å². The second-order valence-corrected chi connectivity index (χ2v) is 6.41. The molecule has 0 radical (unpaired) electrons. The Hall–Kier alpha value is -0.130. The SMILES string of the molecule is CCCS(=O)(=O)N1CCCC(C(C)O)C1. The Labute approximate surface area is 92.3 Å². The van der Waals surface area contributed by atoms with Crippen LogP contribution in [0.15, 0.2) is 0 Å². The molecule has 2 atom stereocenters. The van der Waals surface area contributed by atoms with Crippen LogP contribution in [0.3, 0.4) is 0 Å². The zero-order valence-corrected chi connectivity index (χ0v) is 10.3. The van der Waals surface area contributed by atoms with Gasteiger partial charge in [-0.05, 0) is 32.1 Å². The Morgan fingerprint density at radius 1 is 1.53 bits per heavy atom. The van der Waals surface area contributed by atoms with E-state index in [-0.39, 0.29) is 11.7 Å². The Morgan fingerprint density at radius 3 is 2.73 bits per heavy atom. The number of sulfonamides is 1. The maximum Gasteiger partial charge on any atom is 0.214 e. The van der Waals surface area contributed by atoms with Crippen LogP contribution in [0.5, 0.6) is 0 Å². The summed E-state index contributed by atoms with van der Waals surface area (Å²) < 4.78 is 25.1. The van der Waals surface area contributed by atoms with Crippen molar-refractivity contribution in [2.75, 3.05) is 18.8 Å². The molecule has 4 nitrogen and oxygen atoms in total. The maximum atomic E-state index is 11.8. The van der Waals surface area contributed by atoms with Crippen LogP contribution in [0, 0.1) is 5.92 Å². The number of hydrogen-bond donors (Lipinski definition) is 1. The average Bonchev–Trinajstić information content (AvgIpc) is 2.18. The molecule has 0 bridgehead atoms. The highest BCUT2D eigenvalue weighted by Crippen LogP contribution is 2.22. The molecule has 0 aliphatic carbocycles. The van der Waals surface area contributed by atoms with Crippen molar-refractivity contribution in [2.45, 2.75) is 39.2 Å². The fraction of sp³-hybridized carbons (Fsp3) is 1.00. The summed E-state index contributed by atoms with van der Waals surface area (Å²) in [6, 6.07) is 0. The molecule has 0 spiro atoms. The van der Waals surface area contributed by atoms with Crippen molar-refractivity contribution in [3.8, 4) is 0 Å². The average molecular weight is 235 g/mol. The number of nitrogens with zero attached hydrogens (tertiary/aromatic N) is 1. The molecule has 2 unspecified atom stereocenters. The predicted molar refractivity (Wildman–Crippen MR) is 60.1 cm³/mol. The van der Waals surface area contributed by atoms with E-state index in [0.717, 1.165) is 12.8 Å². The third-order valence-electron chi connectivity index (χ3n) is 2.96. The third-order valence-corrected chi connectivity index (χ3v) is 5.00. The van der Waals surface area contributed by atoms with E-state index in [0.29, 0.717) is 19.5 Å². The molecule has 1 fully saturated rings. The Balaban J connectivity index is 2.63. The Morgan fingerprint density at radius 2 is 2.20 bits per heavy atom. The van der Waals surface area contributed by atoms with Gasteiger partial charge in [0.2, 0.25) is 10.0 Å². The largest absolute Gasteiger partial charge is 0.393 e. The van der Waals surface area contributed by atoms with Crippen molar-refractivity contribution in [3.63, 3.8) is 0 Å². The van der Waals surface area contributed by atoms with Gasteiger partial charge in [-0.3, -0.25) is 0 Å². The van der Waals surface area contributed by atoms with E-state index < -0.39 is 16.1 Å². The zero-order valence-electron chi connectivity index (χ0n) is 9.52. The molecule has 15 heavy (non-hydrogen) atoms. The van der Waals surface area contributed by atoms with E-state index in [2.05, 4.69) is 0 Å². The number of aliphatic hydroxyl groups is 1. The summed E-state index contributed by atoms with van der Waals surface area (Å²) in [5.41, 5.74) is 0. The molecular weight excluding hydrogens is 214 g/mol. The summed E-state index contributed by atoms with van der Waals surface area (Å²) in [4.78, 5) is 0. The molecular formula is C10H21NO3S. The smallest absolute Gasteiger partial charge is 0.214 e. The summed E-state index contributed by atoms with van der Waals surface area (Å²) in [5.74, 6) is 0.324. The van der Waals surface area contributed by atoms with E-state index in [1.807, 2.05) is 6.92 Å². The lowest BCUT2D eigenvalue weighted by molar-refractivity contribution is 0.0885. The molecule has 1 saturated heterocycles. The molecule has 1 rings (SSSR count). The first-order valence-corrected chi connectivity index (χ1v) is 7.24. The van der Waals surface area contributed by atoms with Crippen molar-refractivity contribution in [1.82, 2.24) is 4.31 Å². The van der Waals surface area contributed by atoms with Crippen LogP contribution in [0.1, 0.15) is 33.1 Å². The van der Waals surface area contributed by atoms with Gasteiger partial charge >= 0.3 is 0 Å². The van der Waals surface area contributed by atoms with Gasteiger partial charge in [0.25, 0.3) is 0 Å². The fourth-order valence-electron chi connectivity index (χ4n) is 2.01. The van der Waals surface area contributed by atoms with E-state index in [1.54, 1.807) is 6.92 Å². The number of aliphatic hydroxyl groups excluding tert-OH is 1. The van der Waals surface area contributed by atoms with Gasteiger partial charge in [0.15, 0.2) is 0 Å². The van der Waals surface area contributed by atoms with Gasteiger partial charge in [0, 0.05) is 13.1 Å². The van der Waals surface area contributed by atoms with Crippen molar-refractivity contribution in [3.05, 3.63) is 0 Å². The number of hydrogen-bond acceptors (Lipinski definition) is 3. The quantitative estimate of drug-likeness (QED) is 0.785. The standard InChI is InChI=1S/C10H21NO3S/c1-3-7-15(13,14)11-6-4-5-10(8-11)9(2)12/h9-10,12H,3-8H2,1-2H3. The maximum absolute atomic E-state index is 11.8. The lowest BCUT2D eigenvalue weighted by atomic mass is 9.95. The highest BCUT2D eigenvalue weighted by atomic mass is 32.2. The fourth-order valence-corrected chi connectivity index (χ4v) is 3.61. The molecule has 5 heteroatoms. The minimum Gasteiger partial charge on any atom is -0.393 e. The minimum atomic E-state index is -3.08. The normalized spacial score (nSPS) is 26.5. The van der Waals surface area contributed by atoms with Crippen LogP contribution in [-0.4, -0.2) is 42.8 Å². The number of rotatable bonds is 4. The van der Waals surface area contributed by atoms with Crippen LogP contribution >= 0.6 is 0 Å². The molecule has 1 heterocycles. The molecule has 0 aromatic carbocycles. The molecule has 1 aliphatic rings. The van der Waals surface area contributed by atoms with Gasteiger partial charge in [0.05, 0.1) is 11.9 Å². The lowest BCUT2D eigenvalue weighted by Gasteiger charge is -2.33. The first kappa shape index (κ1) is 12.9. The highest BCUT2D eigenvalue weighted by Gasteiger charge is 2.29. The zero-order chi connectivity index (χ0) is 11.5. The van der Waals surface area contributed by atoms with Crippen molar-refractivity contribution in [1.29, 1.82) is 0 Å². The molecule has 90 valence electrons. The van der Waals surface area contributed by atoms with Crippen LogP contribution in [0.25, 0.3) is 0 Å². The molecule has 0 aromatic rings. The van der Waals surface area contributed by atoms with E-state index in [1.165, 1.54) is 4.31 Å². The van der Waals surface area contributed by atoms with Crippen LogP contribution in [0.4, 0.5) is 0 Å². The van der Waals surface area contributed by atoms with Crippen LogP contribution in [-0.2, 0) is 10.0 Å². The van der Waals surface area contributed by atoms with Gasteiger partial charge in [-0.1, -0.05) is 6.92 Å².